The van der Waals surface area contributed by atoms with Gasteiger partial charge in [-0.2, -0.15) is 0 Å². The van der Waals surface area contributed by atoms with Gasteiger partial charge >= 0.3 is 0 Å². The average molecular weight is 333 g/mol. The van der Waals surface area contributed by atoms with Crippen LogP contribution < -0.4 is 10.6 Å². The molecule has 2 amide bonds. The first kappa shape index (κ1) is 15.7. The SMILES string of the molecule is CC(CCO)CNC(=O)CNC(=O)c1ccc(Br)o1. The third-order valence-electron chi connectivity index (χ3n) is 2.48. The predicted molar refractivity (Wildman–Crippen MR) is 72.6 cm³/mol. The molecule has 0 saturated carbocycles. The number of nitrogens with one attached hydrogen (secondary N) is 2. The Labute approximate surface area is 119 Å². The van der Waals surface area contributed by atoms with Crippen LogP contribution in [0.4, 0.5) is 0 Å². The van der Waals surface area contributed by atoms with Gasteiger partial charge < -0.3 is 20.2 Å². The van der Waals surface area contributed by atoms with E-state index in [2.05, 4.69) is 26.6 Å². The van der Waals surface area contributed by atoms with Crippen LogP contribution in [0.2, 0.25) is 0 Å². The van der Waals surface area contributed by atoms with Crippen molar-refractivity contribution >= 4 is 27.7 Å². The molecular weight excluding hydrogens is 316 g/mol. The van der Waals surface area contributed by atoms with Crippen LogP contribution in [0.5, 0.6) is 0 Å². The number of hydrogen-bond acceptors (Lipinski definition) is 4. The van der Waals surface area contributed by atoms with Gasteiger partial charge in [-0.15, -0.1) is 0 Å². The van der Waals surface area contributed by atoms with Gasteiger partial charge in [0.05, 0.1) is 6.54 Å². The summed E-state index contributed by atoms with van der Waals surface area (Å²) < 4.78 is 5.51. The van der Waals surface area contributed by atoms with Crippen molar-refractivity contribution in [3.05, 3.63) is 22.6 Å². The van der Waals surface area contributed by atoms with Crippen LogP contribution in [-0.4, -0.2) is 36.6 Å². The van der Waals surface area contributed by atoms with Gasteiger partial charge in [0.15, 0.2) is 10.4 Å². The smallest absolute Gasteiger partial charge is 0.287 e. The van der Waals surface area contributed by atoms with E-state index in [0.717, 1.165) is 0 Å². The quantitative estimate of drug-likeness (QED) is 0.692. The lowest BCUT2D eigenvalue weighted by atomic mass is 10.1. The molecule has 7 heteroatoms. The number of aliphatic hydroxyl groups is 1. The highest BCUT2D eigenvalue weighted by Gasteiger charge is 2.12. The van der Waals surface area contributed by atoms with Crippen LogP contribution in [0, 0.1) is 5.92 Å². The molecule has 1 heterocycles. The van der Waals surface area contributed by atoms with Crippen LogP contribution in [0.3, 0.4) is 0 Å². The lowest BCUT2D eigenvalue weighted by Gasteiger charge is -2.11. The summed E-state index contributed by atoms with van der Waals surface area (Å²) in [6, 6.07) is 3.12. The normalized spacial score (nSPS) is 11.9. The van der Waals surface area contributed by atoms with Crippen LogP contribution in [0.15, 0.2) is 21.2 Å². The molecule has 0 bridgehead atoms. The van der Waals surface area contributed by atoms with E-state index in [0.29, 0.717) is 17.6 Å². The fraction of sp³-hybridized carbons (Fsp3) is 0.500. The first-order valence-corrected chi connectivity index (χ1v) is 6.73. The Hall–Kier alpha value is -1.34. The Balaban J connectivity index is 2.25. The summed E-state index contributed by atoms with van der Waals surface area (Å²) in [5.41, 5.74) is 0. The van der Waals surface area contributed by atoms with Crippen LogP contribution in [0.25, 0.3) is 0 Å². The molecule has 0 radical (unpaired) electrons. The summed E-state index contributed by atoms with van der Waals surface area (Å²) in [7, 11) is 0. The Morgan fingerprint density at radius 1 is 1.42 bits per heavy atom. The third-order valence-corrected chi connectivity index (χ3v) is 2.90. The summed E-state index contributed by atoms with van der Waals surface area (Å²) in [4.78, 5) is 23.0. The second-order valence-corrected chi connectivity index (χ2v) is 4.99. The largest absolute Gasteiger partial charge is 0.444 e. The second-order valence-electron chi connectivity index (χ2n) is 4.21. The summed E-state index contributed by atoms with van der Waals surface area (Å²) in [5, 5.41) is 13.8. The fourth-order valence-electron chi connectivity index (χ4n) is 1.36. The van der Waals surface area contributed by atoms with Crippen LogP contribution in [-0.2, 0) is 4.79 Å². The average Bonchev–Trinajstić information content (AvgIpc) is 2.80. The van der Waals surface area contributed by atoms with Gasteiger partial charge in [0.25, 0.3) is 5.91 Å². The number of rotatable bonds is 7. The maximum absolute atomic E-state index is 11.6. The number of amides is 2. The maximum Gasteiger partial charge on any atom is 0.287 e. The molecule has 0 spiro atoms. The molecule has 1 atom stereocenters. The molecule has 0 aromatic carbocycles. The Kier molecular flexibility index (Phi) is 6.58. The molecule has 0 aliphatic heterocycles. The van der Waals surface area contributed by atoms with Crippen molar-refractivity contribution in [2.24, 2.45) is 5.92 Å². The van der Waals surface area contributed by atoms with Gasteiger partial charge in [-0.1, -0.05) is 6.92 Å². The monoisotopic (exact) mass is 332 g/mol. The molecule has 1 aromatic heterocycles. The number of aliphatic hydroxyl groups excluding tert-OH is 1. The van der Waals surface area contributed by atoms with E-state index < -0.39 is 5.91 Å². The Morgan fingerprint density at radius 2 is 2.16 bits per heavy atom. The van der Waals surface area contributed by atoms with E-state index in [9.17, 15) is 9.59 Å². The van der Waals surface area contributed by atoms with Gasteiger partial charge in [-0.05, 0) is 40.4 Å². The summed E-state index contributed by atoms with van der Waals surface area (Å²) >= 11 is 3.09. The van der Waals surface area contributed by atoms with E-state index in [-0.39, 0.29) is 30.7 Å². The highest BCUT2D eigenvalue weighted by molar-refractivity contribution is 9.10. The maximum atomic E-state index is 11.6. The van der Waals surface area contributed by atoms with Crippen LogP contribution in [0.1, 0.15) is 23.9 Å². The predicted octanol–water partition coefficient (Wildman–Crippen LogP) is 0.907. The van der Waals surface area contributed by atoms with Crippen molar-refractivity contribution in [1.82, 2.24) is 10.6 Å². The topological polar surface area (TPSA) is 91.6 Å². The minimum atomic E-state index is -0.441. The van der Waals surface area contributed by atoms with Gasteiger partial charge in [-0.3, -0.25) is 9.59 Å². The van der Waals surface area contributed by atoms with Gasteiger partial charge in [0.1, 0.15) is 0 Å². The Morgan fingerprint density at radius 3 is 2.74 bits per heavy atom. The molecule has 6 nitrogen and oxygen atoms in total. The van der Waals surface area contributed by atoms with E-state index in [1.54, 1.807) is 6.07 Å². The number of hydrogen-bond donors (Lipinski definition) is 3. The number of furan rings is 1. The van der Waals surface area contributed by atoms with Gasteiger partial charge in [-0.25, -0.2) is 0 Å². The van der Waals surface area contributed by atoms with Crippen molar-refractivity contribution in [2.75, 3.05) is 19.7 Å². The number of halogens is 1. The summed E-state index contributed by atoms with van der Waals surface area (Å²) in [6.07, 6.45) is 0.632. The lowest BCUT2D eigenvalue weighted by Crippen LogP contribution is -2.38. The number of carbonyl (C=O) groups excluding carboxylic acids is 2. The second kappa shape index (κ2) is 7.96. The standard InChI is InChI=1S/C12H17BrN2O4/c1-8(4-5-16)6-14-11(17)7-15-12(18)9-2-3-10(13)19-9/h2-3,8,16H,4-7H2,1H3,(H,14,17)(H,15,18). The zero-order valence-corrected chi connectivity index (χ0v) is 12.2. The van der Waals surface area contributed by atoms with Crippen molar-refractivity contribution in [3.63, 3.8) is 0 Å². The van der Waals surface area contributed by atoms with Crippen molar-refractivity contribution < 1.29 is 19.1 Å². The molecule has 106 valence electrons. The minimum Gasteiger partial charge on any atom is -0.444 e. The molecule has 19 heavy (non-hydrogen) atoms. The lowest BCUT2D eigenvalue weighted by molar-refractivity contribution is -0.120. The third kappa shape index (κ3) is 5.89. The first-order chi connectivity index (χ1) is 9.02. The zero-order valence-electron chi connectivity index (χ0n) is 10.6. The van der Waals surface area contributed by atoms with Crippen LogP contribution >= 0.6 is 15.9 Å². The van der Waals surface area contributed by atoms with Gasteiger partial charge in [0.2, 0.25) is 5.91 Å². The van der Waals surface area contributed by atoms with Gasteiger partial charge in [0, 0.05) is 13.2 Å². The highest BCUT2D eigenvalue weighted by atomic mass is 79.9. The molecular formula is C12H17BrN2O4. The highest BCUT2D eigenvalue weighted by Crippen LogP contribution is 2.13. The van der Waals surface area contributed by atoms with E-state index in [1.165, 1.54) is 6.07 Å². The molecule has 0 aliphatic rings. The molecule has 0 saturated heterocycles. The molecule has 1 unspecified atom stereocenters. The first-order valence-electron chi connectivity index (χ1n) is 5.94. The van der Waals surface area contributed by atoms with E-state index in [1.807, 2.05) is 6.92 Å². The summed E-state index contributed by atoms with van der Waals surface area (Å²) in [5.74, 6) is -0.368. The minimum absolute atomic E-state index is 0.0984. The van der Waals surface area contributed by atoms with Crippen molar-refractivity contribution in [3.8, 4) is 0 Å². The summed E-state index contributed by atoms with van der Waals surface area (Å²) in [6.45, 7) is 2.39. The van der Waals surface area contributed by atoms with E-state index >= 15 is 0 Å². The Bertz CT molecular complexity index is 433. The zero-order chi connectivity index (χ0) is 14.3. The van der Waals surface area contributed by atoms with Crippen molar-refractivity contribution in [1.29, 1.82) is 0 Å². The molecule has 3 N–H and O–H groups in total. The number of carbonyl (C=O) groups is 2. The van der Waals surface area contributed by atoms with E-state index in [4.69, 9.17) is 9.52 Å². The van der Waals surface area contributed by atoms with Crippen molar-refractivity contribution in [2.45, 2.75) is 13.3 Å². The molecule has 1 rings (SSSR count). The molecule has 0 aliphatic carbocycles. The molecule has 1 aromatic rings. The molecule has 0 fully saturated rings. The fourth-order valence-corrected chi connectivity index (χ4v) is 1.66.